The summed E-state index contributed by atoms with van der Waals surface area (Å²) in [5.41, 5.74) is 8.11. The first-order valence-electron chi connectivity index (χ1n) is 6.71. The Labute approximate surface area is 113 Å². The van der Waals surface area contributed by atoms with Crippen LogP contribution in [0, 0.1) is 0 Å². The third-order valence-corrected chi connectivity index (χ3v) is 3.80. The first-order valence-corrected chi connectivity index (χ1v) is 6.71. The first-order chi connectivity index (χ1) is 9.13. The molecule has 2 heterocycles. The quantitative estimate of drug-likeness (QED) is 0.836. The van der Waals surface area contributed by atoms with E-state index in [2.05, 4.69) is 28.9 Å². The van der Waals surface area contributed by atoms with Crippen molar-refractivity contribution in [3.63, 3.8) is 0 Å². The van der Waals surface area contributed by atoms with E-state index in [9.17, 15) is 0 Å². The molecular weight excluding hydrogens is 240 g/mol. The standard InChI is InChI=1S/C14H20N4O/c1-17(2)11-4-3-7-18(9-11)14-16-12-6-5-10(15)8-13(12)19-14/h5-6,8,11H,3-4,7,9,15H2,1-2H3. The van der Waals surface area contributed by atoms with E-state index in [4.69, 9.17) is 10.2 Å². The Kier molecular flexibility index (Phi) is 3.06. The van der Waals surface area contributed by atoms with E-state index in [1.165, 1.54) is 12.8 Å². The van der Waals surface area contributed by atoms with Crippen LogP contribution < -0.4 is 10.6 Å². The van der Waals surface area contributed by atoms with Crippen LogP contribution in [0.2, 0.25) is 0 Å². The SMILES string of the molecule is CN(C)C1CCCN(c2nc3ccc(N)cc3o2)C1. The van der Waals surface area contributed by atoms with Gasteiger partial charge in [-0.1, -0.05) is 0 Å². The molecule has 1 aliphatic rings. The van der Waals surface area contributed by atoms with Crippen LogP contribution in [-0.4, -0.2) is 43.1 Å². The van der Waals surface area contributed by atoms with Crippen LogP contribution >= 0.6 is 0 Å². The third kappa shape index (κ3) is 2.38. The number of aromatic nitrogens is 1. The van der Waals surface area contributed by atoms with Gasteiger partial charge in [0.05, 0.1) is 0 Å². The number of nitrogen functional groups attached to an aromatic ring is 1. The van der Waals surface area contributed by atoms with Gasteiger partial charge in [-0.15, -0.1) is 0 Å². The van der Waals surface area contributed by atoms with Crippen molar-refractivity contribution in [3.8, 4) is 0 Å². The van der Waals surface area contributed by atoms with Crippen LogP contribution in [0.4, 0.5) is 11.7 Å². The summed E-state index contributed by atoms with van der Waals surface area (Å²) in [5.74, 6) is 0. The van der Waals surface area contributed by atoms with Gasteiger partial charge in [-0.3, -0.25) is 0 Å². The Hall–Kier alpha value is -1.75. The summed E-state index contributed by atoms with van der Waals surface area (Å²) < 4.78 is 5.83. The number of anilines is 2. The Morgan fingerprint density at radius 3 is 3.05 bits per heavy atom. The van der Waals surface area contributed by atoms with Crippen LogP contribution in [0.15, 0.2) is 22.6 Å². The van der Waals surface area contributed by atoms with Crippen LogP contribution in [-0.2, 0) is 0 Å². The summed E-state index contributed by atoms with van der Waals surface area (Å²) in [6.45, 7) is 1.97. The fourth-order valence-corrected chi connectivity index (χ4v) is 2.61. The van der Waals surface area contributed by atoms with Crippen molar-refractivity contribution < 1.29 is 4.42 Å². The molecule has 1 fully saturated rings. The van der Waals surface area contributed by atoms with Gasteiger partial charge in [0.15, 0.2) is 5.58 Å². The second kappa shape index (κ2) is 4.74. The predicted octanol–water partition coefficient (Wildman–Crippen LogP) is 1.94. The van der Waals surface area contributed by atoms with Gasteiger partial charge in [0.1, 0.15) is 5.52 Å². The number of likely N-dealkylation sites (N-methyl/N-ethyl adjacent to an activating group) is 1. The second-order valence-corrected chi connectivity index (χ2v) is 5.43. The molecule has 1 aromatic carbocycles. The molecule has 1 aromatic heterocycles. The Balaban J connectivity index is 1.87. The lowest BCUT2D eigenvalue weighted by Gasteiger charge is -2.35. The number of fused-ring (bicyclic) bond motifs is 1. The summed E-state index contributed by atoms with van der Waals surface area (Å²) in [4.78, 5) is 9.05. The molecule has 19 heavy (non-hydrogen) atoms. The van der Waals surface area contributed by atoms with E-state index in [0.717, 1.165) is 24.2 Å². The highest BCUT2D eigenvalue weighted by molar-refractivity contribution is 5.78. The molecule has 2 N–H and O–H groups in total. The normalized spacial score (nSPS) is 20.4. The largest absolute Gasteiger partial charge is 0.423 e. The van der Waals surface area contributed by atoms with Crippen molar-refractivity contribution in [2.24, 2.45) is 0 Å². The van der Waals surface area contributed by atoms with E-state index < -0.39 is 0 Å². The lowest BCUT2D eigenvalue weighted by atomic mass is 10.1. The van der Waals surface area contributed by atoms with Crippen molar-refractivity contribution in [2.75, 3.05) is 37.8 Å². The summed E-state index contributed by atoms with van der Waals surface area (Å²) in [6, 6.07) is 6.87. The molecule has 1 atom stereocenters. The van der Waals surface area contributed by atoms with Gasteiger partial charge >= 0.3 is 0 Å². The minimum absolute atomic E-state index is 0.564. The predicted molar refractivity (Wildman–Crippen MR) is 77.3 cm³/mol. The summed E-state index contributed by atoms with van der Waals surface area (Å²) in [6.07, 6.45) is 2.40. The molecule has 0 saturated carbocycles. The maximum Gasteiger partial charge on any atom is 0.298 e. The Morgan fingerprint density at radius 1 is 1.42 bits per heavy atom. The minimum atomic E-state index is 0.564. The Bertz CT molecular complexity index is 578. The average molecular weight is 260 g/mol. The zero-order valence-electron chi connectivity index (χ0n) is 11.5. The van der Waals surface area contributed by atoms with Gasteiger partial charge in [-0.2, -0.15) is 4.98 Å². The van der Waals surface area contributed by atoms with Crippen LogP contribution in [0.3, 0.4) is 0 Å². The second-order valence-electron chi connectivity index (χ2n) is 5.43. The van der Waals surface area contributed by atoms with Crippen LogP contribution in [0.1, 0.15) is 12.8 Å². The lowest BCUT2D eigenvalue weighted by Crippen LogP contribution is -2.45. The smallest absolute Gasteiger partial charge is 0.298 e. The zero-order valence-corrected chi connectivity index (χ0v) is 11.5. The summed E-state index contributed by atoms with van der Waals surface area (Å²) >= 11 is 0. The number of oxazole rings is 1. The average Bonchev–Trinajstić information content (AvgIpc) is 2.81. The molecule has 0 bridgehead atoms. The van der Waals surface area contributed by atoms with Crippen molar-refractivity contribution >= 4 is 22.8 Å². The van der Waals surface area contributed by atoms with Crippen molar-refractivity contribution in [1.29, 1.82) is 0 Å². The molecular formula is C14H20N4O. The molecule has 0 radical (unpaired) electrons. The topological polar surface area (TPSA) is 58.5 Å². The first kappa shape index (κ1) is 12.3. The van der Waals surface area contributed by atoms with E-state index in [1.54, 1.807) is 0 Å². The number of rotatable bonds is 2. The summed E-state index contributed by atoms with van der Waals surface area (Å²) in [5, 5.41) is 0. The van der Waals surface area contributed by atoms with Crippen molar-refractivity contribution in [2.45, 2.75) is 18.9 Å². The number of hydrogen-bond donors (Lipinski definition) is 1. The molecule has 1 unspecified atom stereocenters. The number of piperidine rings is 1. The lowest BCUT2D eigenvalue weighted by molar-refractivity contribution is 0.254. The molecule has 0 amide bonds. The molecule has 1 saturated heterocycles. The molecule has 0 spiro atoms. The highest BCUT2D eigenvalue weighted by Gasteiger charge is 2.24. The molecule has 2 aromatic rings. The molecule has 5 heteroatoms. The molecule has 102 valence electrons. The number of hydrogen-bond acceptors (Lipinski definition) is 5. The van der Waals surface area contributed by atoms with E-state index >= 15 is 0 Å². The summed E-state index contributed by atoms with van der Waals surface area (Å²) in [7, 11) is 4.25. The molecule has 3 rings (SSSR count). The number of nitrogens with two attached hydrogens (primary N) is 1. The Morgan fingerprint density at radius 2 is 2.26 bits per heavy atom. The van der Waals surface area contributed by atoms with E-state index in [0.29, 0.717) is 17.7 Å². The van der Waals surface area contributed by atoms with E-state index in [1.807, 2.05) is 18.2 Å². The monoisotopic (exact) mass is 260 g/mol. The molecule has 0 aliphatic carbocycles. The fourth-order valence-electron chi connectivity index (χ4n) is 2.61. The zero-order chi connectivity index (χ0) is 13.4. The van der Waals surface area contributed by atoms with Crippen molar-refractivity contribution in [3.05, 3.63) is 18.2 Å². The van der Waals surface area contributed by atoms with Gasteiger partial charge in [0.2, 0.25) is 0 Å². The number of benzene rings is 1. The molecule has 1 aliphatic heterocycles. The van der Waals surface area contributed by atoms with Gasteiger partial charge < -0.3 is 20.0 Å². The third-order valence-electron chi connectivity index (χ3n) is 3.80. The fraction of sp³-hybridized carbons (Fsp3) is 0.500. The van der Waals surface area contributed by atoms with Gasteiger partial charge in [0.25, 0.3) is 6.01 Å². The van der Waals surface area contributed by atoms with Gasteiger partial charge in [-0.25, -0.2) is 0 Å². The highest BCUT2D eigenvalue weighted by atomic mass is 16.4. The van der Waals surface area contributed by atoms with Gasteiger partial charge in [0, 0.05) is 30.9 Å². The van der Waals surface area contributed by atoms with E-state index in [-0.39, 0.29) is 0 Å². The maximum absolute atomic E-state index is 5.83. The molecule has 5 nitrogen and oxygen atoms in total. The van der Waals surface area contributed by atoms with Crippen LogP contribution in [0.5, 0.6) is 0 Å². The highest BCUT2D eigenvalue weighted by Crippen LogP contribution is 2.26. The van der Waals surface area contributed by atoms with Crippen molar-refractivity contribution in [1.82, 2.24) is 9.88 Å². The number of nitrogens with zero attached hydrogens (tertiary/aromatic N) is 3. The van der Waals surface area contributed by atoms with Crippen LogP contribution in [0.25, 0.3) is 11.1 Å². The van der Waals surface area contributed by atoms with Gasteiger partial charge in [-0.05, 0) is 39.1 Å². The maximum atomic E-state index is 5.83. The minimum Gasteiger partial charge on any atom is -0.423 e.